The molecular formula is C16H23FN2O3. The molecule has 1 heterocycles. The van der Waals surface area contributed by atoms with E-state index < -0.39 is 5.60 Å². The molecule has 1 aliphatic heterocycles. The lowest BCUT2D eigenvalue weighted by Crippen LogP contribution is -2.50. The van der Waals surface area contributed by atoms with Crippen LogP contribution in [-0.2, 0) is 4.74 Å². The fourth-order valence-electron chi connectivity index (χ4n) is 2.33. The van der Waals surface area contributed by atoms with E-state index in [9.17, 15) is 9.18 Å². The van der Waals surface area contributed by atoms with Gasteiger partial charge in [-0.15, -0.1) is 0 Å². The second-order valence-corrected chi connectivity index (χ2v) is 6.27. The van der Waals surface area contributed by atoms with E-state index in [-0.39, 0.29) is 11.9 Å². The van der Waals surface area contributed by atoms with Crippen molar-refractivity contribution in [2.45, 2.75) is 26.4 Å². The van der Waals surface area contributed by atoms with Crippen molar-refractivity contribution >= 4 is 11.8 Å². The van der Waals surface area contributed by atoms with E-state index in [2.05, 4.69) is 0 Å². The molecule has 0 aromatic heterocycles. The van der Waals surface area contributed by atoms with Gasteiger partial charge in [0.05, 0.1) is 12.8 Å². The zero-order valence-corrected chi connectivity index (χ0v) is 13.6. The molecule has 0 radical (unpaired) electrons. The maximum absolute atomic E-state index is 14.1. The molecule has 5 nitrogen and oxygen atoms in total. The molecule has 0 bridgehead atoms. The van der Waals surface area contributed by atoms with Gasteiger partial charge in [-0.05, 0) is 32.9 Å². The first-order valence-electron chi connectivity index (χ1n) is 7.36. The van der Waals surface area contributed by atoms with E-state index in [0.717, 1.165) is 0 Å². The van der Waals surface area contributed by atoms with Gasteiger partial charge < -0.3 is 19.3 Å². The predicted molar refractivity (Wildman–Crippen MR) is 83.0 cm³/mol. The summed E-state index contributed by atoms with van der Waals surface area (Å²) in [5.74, 6) is 0.179. The number of amides is 1. The van der Waals surface area contributed by atoms with Crippen LogP contribution in [0.15, 0.2) is 18.2 Å². The van der Waals surface area contributed by atoms with Crippen molar-refractivity contribution in [3.63, 3.8) is 0 Å². The normalized spacial score (nSPS) is 15.7. The quantitative estimate of drug-likeness (QED) is 0.842. The van der Waals surface area contributed by atoms with E-state index in [1.54, 1.807) is 17.0 Å². The van der Waals surface area contributed by atoms with E-state index >= 15 is 0 Å². The monoisotopic (exact) mass is 310 g/mol. The van der Waals surface area contributed by atoms with Crippen molar-refractivity contribution in [2.75, 3.05) is 38.2 Å². The molecule has 1 aromatic rings. The SMILES string of the molecule is COc1ccc(N2CCN(C(=O)OC(C)(C)C)CC2)c(F)c1. The highest BCUT2D eigenvalue weighted by Crippen LogP contribution is 2.25. The molecule has 1 aromatic carbocycles. The summed E-state index contributed by atoms with van der Waals surface area (Å²) in [6.07, 6.45) is -0.317. The Kier molecular flexibility index (Phi) is 4.78. The summed E-state index contributed by atoms with van der Waals surface area (Å²) in [5, 5.41) is 0. The Balaban J connectivity index is 1.96. The summed E-state index contributed by atoms with van der Waals surface area (Å²) in [5.41, 5.74) is 0.0284. The number of hydrogen-bond donors (Lipinski definition) is 0. The molecule has 6 heteroatoms. The van der Waals surface area contributed by atoms with Crippen molar-refractivity contribution in [3.8, 4) is 5.75 Å². The van der Waals surface area contributed by atoms with Crippen LogP contribution < -0.4 is 9.64 Å². The first kappa shape index (κ1) is 16.4. The fraction of sp³-hybridized carbons (Fsp3) is 0.562. The summed E-state index contributed by atoms with van der Waals surface area (Å²) in [7, 11) is 1.51. The summed E-state index contributed by atoms with van der Waals surface area (Å²) >= 11 is 0. The van der Waals surface area contributed by atoms with E-state index in [1.165, 1.54) is 13.2 Å². The molecule has 0 unspecified atom stereocenters. The molecule has 1 amide bonds. The highest BCUT2D eigenvalue weighted by atomic mass is 19.1. The Bertz CT molecular complexity index is 535. The number of halogens is 1. The summed E-state index contributed by atoms with van der Waals surface area (Å²) in [6.45, 7) is 7.70. The van der Waals surface area contributed by atoms with E-state index in [1.807, 2.05) is 25.7 Å². The van der Waals surface area contributed by atoms with Crippen molar-refractivity contribution in [1.29, 1.82) is 0 Å². The number of benzene rings is 1. The molecule has 22 heavy (non-hydrogen) atoms. The minimum atomic E-state index is -0.504. The molecular weight excluding hydrogens is 287 g/mol. The standard InChI is InChI=1S/C16H23FN2O3/c1-16(2,3)22-15(20)19-9-7-18(8-10-19)14-6-5-12(21-4)11-13(14)17/h5-6,11H,7-10H2,1-4H3. The van der Waals surface area contributed by atoms with Gasteiger partial charge in [0.2, 0.25) is 0 Å². The first-order chi connectivity index (χ1) is 10.3. The van der Waals surface area contributed by atoms with Crippen LogP contribution in [0.25, 0.3) is 0 Å². The van der Waals surface area contributed by atoms with Gasteiger partial charge in [0.1, 0.15) is 17.2 Å². The molecule has 0 N–H and O–H groups in total. The van der Waals surface area contributed by atoms with E-state index in [0.29, 0.717) is 37.6 Å². The van der Waals surface area contributed by atoms with Crippen LogP contribution >= 0.6 is 0 Å². The number of carbonyl (C=O) groups is 1. The average Bonchev–Trinajstić information content (AvgIpc) is 2.45. The number of anilines is 1. The number of nitrogens with zero attached hydrogens (tertiary/aromatic N) is 2. The van der Waals surface area contributed by atoms with Crippen LogP contribution in [0.2, 0.25) is 0 Å². The van der Waals surface area contributed by atoms with Crippen LogP contribution in [-0.4, -0.2) is 49.9 Å². The minimum Gasteiger partial charge on any atom is -0.497 e. The van der Waals surface area contributed by atoms with Crippen molar-refractivity contribution < 1.29 is 18.7 Å². The average molecular weight is 310 g/mol. The Hall–Kier alpha value is -1.98. The minimum absolute atomic E-state index is 0.315. The molecule has 0 aliphatic carbocycles. The van der Waals surface area contributed by atoms with Gasteiger partial charge in [0.15, 0.2) is 0 Å². The van der Waals surface area contributed by atoms with Gasteiger partial charge in [-0.3, -0.25) is 0 Å². The second kappa shape index (κ2) is 6.42. The van der Waals surface area contributed by atoms with Gasteiger partial charge >= 0.3 is 6.09 Å². The molecule has 0 atom stereocenters. The number of ether oxygens (including phenoxy) is 2. The smallest absolute Gasteiger partial charge is 0.410 e. The van der Waals surface area contributed by atoms with Gasteiger partial charge in [-0.1, -0.05) is 0 Å². The number of methoxy groups -OCH3 is 1. The van der Waals surface area contributed by atoms with Gasteiger partial charge in [0, 0.05) is 32.2 Å². The van der Waals surface area contributed by atoms with Crippen LogP contribution in [0.1, 0.15) is 20.8 Å². The number of rotatable bonds is 2. The maximum Gasteiger partial charge on any atom is 0.410 e. The van der Waals surface area contributed by atoms with Crippen LogP contribution in [0.4, 0.5) is 14.9 Å². The topological polar surface area (TPSA) is 42.0 Å². The van der Waals surface area contributed by atoms with Crippen molar-refractivity contribution in [3.05, 3.63) is 24.0 Å². The molecule has 2 rings (SSSR count). The molecule has 1 fully saturated rings. The van der Waals surface area contributed by atoms with Crippen LogP contribution in [0, 0.1) is 5.82 Å². The highest BCUT2D eigenvalue weighted by molar-refractivity contribution is 5.68. The third-order valence-corrected chi connectivity index (χ3v) is 3.43. The number of piperazine rings is 1. The van der Waals surface area contributed by atoms with Gasteiger partial charge in [-0.2, -0.15) is 0 Å². The highest BCUT2D eigenvalue weighted by Gasteiger charge is 2.26. The molecule has 1 aliphatic rings. The number of carbonyl (C=O) groups excluding carboxylic acids is 1. The first-order valence-corrected chi connectivity index (χ1v) is 7.36. The summed E-state index contributed by atoms with van der Waals surface area (Å²) < 4.78 is 24.4. The molecule has 0 saturated carbocycles. The summed E-state index contributed by atoms with van der Waals surface area (Å²) in [4.78, 5) is 15.6. The largest absolute Gasteiger partial charge is 0.497 e. The molecule has 122 valence electrons. The van der Waals surface area contributed by atoms with Crippen molar-refractivity contribution in [2.24, 2.45) is 0 Å². The number of hydrogen-bond acceptors (Lipinski definition) is 4. The Morgan fingerprint density at radius 3 is 2.32 bits per heavy atom. The predicted octanol–water partition coefficient (Wildman–Crippen LogP) is 2.89. The van der Waals surface area contributed by atoms with Crippen LogP contribution in [0.5, 0.6) is 5.75 Å². The lowest BCUT2D eigenvalue weighted by molar-refractivity contribution is 0.0240. The van der Waals surface area contributed by atoms with Crippen LogP contribution in [0.3, 0.4) is 0 Å². The third kappa shape index (κ3) is 4.02. The second-order valence-electron chi connectivity index (χ2n) is 6.27. The Morgan fingerprint density at radius 1 is 1.18 bits per heavy atom. The Morgan fingerprint density at radius 2 is 1.82 bits per heavy atom. The lowest BCUT2D eigenvalue weighted by Gasteiger charge is -2.36. The Labute approximate surface area is 130 Å². The zero-order chi connectivity index (χ0) is 16.3. The molecule has 0 spiro atoms. The zero-order valence-electron chi connectivity index (χ0n) is 13.6. The fourth-order valence-corrected chi connectivity index (χ4v) is 2.33. The van der Waals surface area contributed by atoms with Gasteiger partial charge in [0.25, 0.3) is 0 Å². The summed E-state index contributed by atoms with van der Waals surface area (Å²) in [6, 6.07) is 4.81. The van der Waals surface area contributed by atoms with Crippen molar-refractivity contribution in [1.82, 2.24) is 4.90 Å². The van der Waals surface area contributed by atoms with E-state index in [4.69, 9.17) is 9.47 Å². The molecule has 1 saturated heterocycles. The van der Waals surface area contributed by atoms with Gasteiger partial charge in [-0.25, -0.2) is 9.18 Å². The maximum atomic E-state index is 14.1. The lowest BCUT2D eigenvalue weighted by atomic mass is 10.2. The third-order valence-electron chi connectivity index (χ3n) is 3.43.